The second-order valence-corrected chi connectivity index (χ2v) is 4.74. The predicted molar refractivity (Wildman–Crippen MR) is 99.1 cm³/mol. The molecule has 0 aliphatic heterocycles. The maximum Gasteiger partial charge on any atom is 0.246 e. The number of halogens is 2. The van der Waals surface area contributed by atoms with Gasteiger partial charge in [-0.3, -0.25) is 4.79 Å². The normalized spacial score (nSPS) is 10.7. The number of carbonyl (C=O) groups is 1. The molecule has 124 valence electrons. The maximum atomic E-state index is 12.7. The van der Waals surface area contributed by atoms with E-state index < -0.39 is 0 Å². The van der Waals surface area contributed by atoms with Crippen LogP contribution in [-0.4, -0.2) is 25.0 Å². The molecule has 22 heavy (non-hydrogen) atoms. The lowest BCUT2D eigenvalue weighted by atomic mass is 10.2. The third-order valence-corrected chi connectivity index (χ3v) is 2.86. The molecule has 0 bridgehead atoms. The number of benzene rings is 1. The van der Waals surface area contributed by atoms with Gasteiger partial charge in [-0.25, -0.2) is 9.38 Å². The Bertz CT molecular complexity index is 465. The fourth-order valence-corrected chi connectivity index (χ4v) is 1.71. The zero-order valence-corrected chi connectivity index (χ0v) is 15.1. The third kappa shape index (κ3) is 9.54. The van der Waals surface area contributed by atoms with E-state index in [-0.39, 0.29) is 48.2 Å². The SMILES string of the molecule is CCCCCCNC(N)=NCC(=O)Nc1ccc(F)cc1.I. The van der Waals surface area contributed by atoms with Gasteiger partial charge in [0.25, 0.3) is 0 Å². The van der Waals surface area contributed by atoms with Gasteiger partial charge in [0.05, 0.1) is 0 Å². The largest absolute Gasteiger partial charge is 0.370 e. The van der Waals surface area contributed by atoms with E-state index in [2.05, 4.69) is 22.5 Å². The van der Waals surface area contributed by atoms with Crippen molar-refractivity contribution in [1.82, 2.24) is 5.32 Å². The average molecular weight is 422 g/mol. The Morgan fingerprint density at radius 2 is 1.91 bits per heavy atom. The molecule has 0 heterocycles. The van der Waals surface area contributed by atoms with Gasteiger partial charge in [0.15, 0.2) is 5.96 Å². The molecule has 0 radical (unpaired) electrons. The van der Waals surface area contributed by atoms with Crippen LogP contribution in [0.4, 0.5) is 10.1 Å². The Kier molecular flexibility index (Phi) is 11.4. The summed E-state index contributed by atoms with van der Waals surface area (Å²) in [5.74, 6) is -0.374. The van der Waals surface area contributed by atoms with Gasteiger partial charge in [0.1, 0.15) is 12.4 Å². The number of hydrogen-bond donors (Lipinski definition) is 3. The van der Waals surface area contributed by atoms with Crippen LogP contribution < -0.4 is 16.4 Å². The molecule has 0 spiro atoms. The second kappa shape index (κ2) is 12.2. The molecule has 0 unspecified atom stereocenters. The van der Waals surface area contributed by atoms with Crippen molar-refractivity contribution in [3.8, 4) is 0 Å². The molecular weight excluding hydrogens is 398 g/mol. The summed E-state index contributed by atoms with van der Waals surface area (Å²) in [4.78, 5) is 15.6. The summed E-state index contributed by atoms with van der Waals surface area (Å²) >= 11 is 0. The highest BCUT2D eigenvalue weighted by Crippen LogP contribution is 2.07. The number of rotatable bonds is 8. The van der Waals surface area contributed by atoms with E-state index in [1.807, 2.05) is 0 Å². The zero-order valence-electron chi connectivity index (χ0n) is 12.8. The lowest BCUT2D eigenvalue weighted by molar-refractivity contribution is -0.114. The summed E-state index contributed by atoms with van der Waals surface area (Å²) < 4.78 is 12.7. The fraction of sp³-hybridized carbons (Fsp3) is 0.467. The van der Waals surface area contributed by atoms with E-state index in [9.17, 15) is 9.18 Å². The Labute approximate surface area is 148 Å². The molecule has 0 aromatic heterocycles. The maximum absolute atomic E-state index is 12.7. The van der Waals surface area contributed by atoms with Gasteiger partial charge in [0.2, 0.25) is 5.91 Å². The minimum atomic E-state index is -0.345. The number of nitrogens with zero attached hydrogens (tertiary/aromatic N) is 1. The van der Waals surface area contributed by atoms with Gasteiger partial charge >= 0.3 is 0 Å². The first-order valence-electron chi connectivity index (χ1n) is 7.21. The van der Waals surface area contributed by atoms with Crippen LogP contribution in [-0.2, 0) is 4.79 Å². The van der Waals surface area contributed by atoms with Gasteiger partial charge in [-0.1, -0.05) is 26.2 Å². The number of aliphatic imine (C=N–C) groups is 1. The zero-order chi connectivity index (χ0) is 15.5. The van der Waals surface area contributed by atoms with Crippen molar-refractivity contribution < 1.29 is 9.18 Å². The van der Waals surface area contributed by atoms with Crippen molar-refractivity contribution in [2.24, 2.45) is 10.7 Å². The molecular formula is C15H24FIN4O. The van der Waals surface area contributed by atoms with E-state index >= 15 is 0 Å². The minimum absolute atomic E-state index is 0. The first kappa shape index (κ1) is 20.6. The lowest BCUT2D eigenvalue weighted by Gasteiger charge is -2.06. The highest BCUT2D eigenvalue weighted by atomic mass is 127. The van der Waals surface area contributed by atoms with Crippen LogP contribution in [0.5, 0.6) is 0 Å². The molecule has 4 N–H and O–H groups in total. The van der Waals surface area contributed by atoms with E-state index in [1.54, 1.807) is 0 Å². The highest BCUT2D eigenvalue weighted by molar-refractivity contribution is 14.0. The van der Waals surface area contributed by atoms with Crippen molar-refractivity contribution in [2.45, 2.75) is 32.6 Å². The molecule has 0 saturated heterocycles. The van der Waals surface area contributed by atoms with Gasteiger partial charge in [-0.15, -0.1) is 24.0 Å². The van der Waals surface area contributed by atoms with Crippen molar-refractivity contribution in [1.29, 1.82) is 0 Å². The first-order chi connectivity index (χ1) is 10.1. The summed E-state index contributed by atoms with van der Waals surface area (Å²) in [5.41, 5.74) is 6.19. The summed E-state index contributed by atoms with van der Waals surface area (Å²) in [6, 6.07) is 5.55. The number of nitrogens with one attached hydrogen (secondary N) is 2. The van der Waals surface area contributed by atoms with Crippen LogP contribution in [0.2, 0.25) is 0 Å². The number of carbonyl (C=O) groups excluding carboxylic acids is 1. The number of nitrogens with two attached hydrogens (primary N) is 1. The van der Waals surface area contributed by atoms with Crippen LogP contribution in [0.25, 0.3) is 0 Å². The molecule has 0 atom stereocenters. The summed E-state index contributed by atoms with van der Waals surface area (Å²) in [5, 5.41) is 5.58. The third-order valence-electron chi connectivity index (χ3n) is 2.86. The Morgan fingerprint density at radius 3 is 2.55 bits per heavy atom. The Morgan fingerprint density at radius 1 is 1.23 bits per heavy atom. The van der Waals surface area contributed by atoms with Gasteiger partial charge in [-0.05, 0) is 30.7 Å². The predicted octanol–water partition coefficient (Wildman–Crippen LogP) is 2.87. The quantitative estimate of drug-likeness (QED) is 0.261. The smallest absolute Gasteiger partial charge is 0.246 e. The van der Waals surface area contributed by atoms with E-state index in [4.69, 9.17) is 5.73 Å². The van der Waals surface area contributed by atoms with Crippen LogP contribution in [0.3, 0.4) is 0 Å². The van der Waals surface area contributed by atoms with E-state index in [1.165, 1.54) is 37.1 Å². The van der Waals surface area contributed by atoms with Crippen LogP contribution in [0.15, 0.2) is 29.3 Å². The summed E-state index contributed by atoms with van der Waals surface area (Å²) in [6.07, 6.45) is 4.58. The summed E-state index contributed by atoms with van der Waals surface area (Å²) in [6.45, 7) is 2.85. The first-order valence-corrected chi connectivity index (χ1v) is 7.21. The monoisotopic (exact) mass is 422 g/mol. The van der Waals surface area contributed by atoms with E-state index in [0.717, 1.165) is 19.4 Å². The molecule has 1 aromatic carbocycles. The van der Waals surface area contributed by atoms with Gasteiger partial charge < -0.3 is 16.4 Å². The highest BCUT2D eigenvalue weighted by Gasteiger charge is 2.02. The molecule has 0 fully saturated rings. The number of unbranched alkanes of at least 4 members (excludes halogenated alkanes) is 3. The number of hydrogen-bond acceptors (Lipinski definition) is 2. The molecule has 1 amide bonds. The standard InChI is InChI=1S/C15H23FN4O.HI/c1-2-3-4-5-10-18-15(17)19-11-14(21)20-13-8-6-12(16)7-9-13;/h6-9H,2-5,10-11H2,1H3,(H,20,21)(H3,17,18,19);1H. The Hall–Kier alpha value is -1.38. The molecule has 0 aliphatic rings. The lowest BCUT2D eigenvalue weighted by Crippen LogP contribution is -2.33. The van der Waals surface area contributed by atoms with Crippen LogP contribution in [0, 0.1) is 5.82 Å². The second-order valence-electron chi connectivity index (χ2n) is 4.74. The molecule has 0 saturated carbocycles. The number of guanidine groups is 1. The molecule has 1 rings (SSSR count). The summed E-state index contributed by atoms with van der Waals surface area (Å²) in [7, 11) is 0. The Balaban J connectivity index is 0.00000441. The molecule has 7 heteroatoms. The van der Waals surface area contributed by atoms with Crippen molar-refractivity contribution >= 4 is 41.5 Å². The number of amides is 1. The number of anilines is 1. The van der Waals surface area contributed by atoms with Crippen molar-refractivity contribution in [2.75, 3.05) is 18.4 Å². The topological polar surface area (TPSA) is 79.5 Å². The van der Waals surface area contributed by atoms with Crippen LogP contribution >= 0.6 is 24.0 Å². The average Bonchev–Trinajstić information content (AvgIpc) is 2.47. The van der Waals surface area contributed by atoms with Crippen molar-refractivity contribution in [3.05, 3.63) is 30.1 Å². The fourth-order valence-electron chi connectivity index (χ4n) is 1.71. The molecule has 1 aromatic rings. The molecule has 5 nitrogen and oxygen atoms in total. The minimum Gasteiger partial charge on any atom is -0.370 e. The van der Waals surface area contributed by atoms with E-state index in [0.29, 0.717) is 5.69 Å². The van der Waals surface area contributed by atoms with Crippen LogP contribution in [0.1, 0.15) is 32.6 Å². The van der Waals surface area contributed by atoms with Gasteiger partial charge in [0, 0.05) is 12.2 Å². The van der Waals surface area contributed by atoms with Gasteiger partial charge in [-0.2, -0.15) is 0 Å². The van der Waals surface area contributed by atoms with Crippen molar-refractivity contribution in [3.63, 3.8) is 0 Å². The molecule has 0 aliphatic carbocycles.